The zero-order valence-corrected chi connectivity index (χ0v) is 12.5. The van der Waals surface area contributed by atoms with E-state index < -0.39 is 0 Å². The Hall–Kier alpha value is -2.01. The molecule has 20 heavy (non-hydrogen) atoms. The highest BCUT2D eigenvalue weighted by Crippen LogP contribution is 2.42. The van der Waals surface area contributed by atoms with E-state index in [1.807, 2.05) is 31.2 Å². The van der Waals surface area contributed by atoms with Gasteiger partial charge in [0.15, 0.2) is 0 Å². The first-order valence-electron chi connectivity index (χ1n) is 6.29. The molecule has 0 radical (unpaired) electrons. The second-order valence-electron chi connectivity index (χ2n) is 4.22. The van der Waals surface area contributed by atoms with E-state index in [4.69, 9.17) is 15.2 Å². The summed E-state index contributed by atoms with van der Waals surface area (Å²) in [6, 6.07) is 7.67. The number of esters is 1. The van der Waals surface area contributed by atoms with Gasteiger partial charge in [-0.25, -0.2) is 4.79 Å². The Balaban J connectivity index is 2.53. The van der Waals surface area contributed by atoms with Crippen LogP contribution in [-0.4, -0.2) is 19.7 Å². The lowest BCUT2D eigenvalue weighted by molar-refractivity contribution is 0.0533. The van der Waals surface area contributed by atoms with Gasteiger partial charge in [-0.3, -0.25) is 0 Å². The molecule has 1 heterocycles. The lowest BCUT2D eigenvalue weighted by Gasteiger charge is -2.07. The van der Waals surface area contributed by atoms with Crippen molar-refractivity contribution in [2.75, 3.05) is 19.5 Å². The topological polar surface area (TPSA) is 61.5 Å². The van der Waals surface area contributed by atoms with Crippen LogP contribution in [-0.2, 0) is 4.74 Å². The third kappa shape index (κ3) is 2.49. The van der Waals surface area contributed by atoms with E-state index in [2.05, 4.69) is 0 Å². The lowest BCUT2D eigenvalue weighted by Crippen LogP contribution is -2.05. The van der Waals surface area contributed by atoms with E-state index >= 15 is 0 Å². The van der Waals surface area contributed by atoms with E-state index in [0.29, 0.717) is 17.2 Å². The number of thiophene rings is 1. The molecule has 0 aliphatic rings. The Morgan fingerprint density at radius 1 is 1.35 bits per heavy atom. The standard InChI is InChI=1S/C15H17NO3S/c1-4-19-15(17)14-12(16)9(2)13(20-14)10-7-5-6-8-11(10)18-3/h5-8H,4,16H2,1-3H3. The van der Waals surface area contributed by atoms with Crippen LogP contribution in [0.4, 0.5) is 5.69 Å². The van der Waals surface area contributed by atoms with Crippen molar-refractivity contribution in [2.45, 2.75) is 13.8 Å². The van der Waals surface area contributed by atoms with Crippen LogP contribution in [0.3, 0.4) is 0 Å². The Kier molecular flexibility index (Phi) is 4.29. The van der Waals surface area contributed by atoms with Gasteiger partial charge in [-0.05, 0) is 31.5 Å². The normalized spacial score (nSPS) is 10.3. The van der Waals surface area contributed by atoms with Crippen molar-refractivity contribution < 1.29 is 14.3 Å². The van der Waals surface area contributed by atoms with Gasteiger partial charge in [-0.2, -0.15) is 0 Å². The van der Waals surface area contributed by atoms with Gasteiger partial charge in [0.25, 0.3) is 0 Å². The zero-order chi connectivity index (χ0) is 14.7. The van der Waals surface area contributed by atoms with Crippen LogP contribution in [0, 0.1) is 6.92 Å². The fraction of sp³-hybridized carbons (Fsp3) is 0.267. The zero-order valence-electron chi connectivity index (χ0n) is 11.7. The number of hydrogen-bond donors (Lipinski definition) is 1. The van der Waals surface area contributed by atoms with Crippen molar-refractivity contribution in [3.63, 3.8) is 0 Å². The molecule has 0 saturated carbocycles. The highest BCUT2D eigenvalue weighted by atomic mass is 32.1. The Labute approximate surface area is 122 Å². The maximum atomic E-state index is 11.9. The van der Waals surface area contributed by atoms with E-state index in [0.717, 1.165) is 21.8 Å². The van der Waals surface area contributed by atoms with Gasteiger partial charge >= 0.3 is 5.97 Å². The van der Waals surface area contributed by atoms with Gasteiger partial charge in [0.2, 0.25) is 0 Å². The highest BCUT2D eigenvalue weighted by Gasteiger charge is 2.21. The molecule has 0 spiro atoms. The molecule has 2 aromatic rings. The second kappa shape index (κ2) is 5.96. The molecule has 2 N–H and O–H groups in total. The molecule has 0 bridgehead atoms. The van der Waals surface area contributed by atoms with Gasteiger partial charge in [0.05, 0.1) is 19.4 Å². The van der Waals surface area contributed by atoms with E-state index in [1.54, 1.807) is 14.0 Å². The van der Waals surface area contributed by atoms with Gasteiger partial charge in [0.1, 0.15) is 10.6 Å². The van der Waals surface area contributed by atoms with Crippen molar-refractivity contribution in [3.05, 3.63) is 34.7 Å². The van der Waals surface area contributed by atoms with Crippen LogP contribution in [0.5, 0.6) is 5.75 Å². The number of anilines is 1. The van der Waals surface area contributed by atoms with Crippen molar-refractivity contribution in [1.29, 1.82) is 0 Å². The molecule has 2 rings (SSSR count). The molecule has 0 unspecified atom stereocenters. The summed E-state index contributed by atoms with van der Waals surface area (Å²) in [5.74, 6) is 0.381. The first-order chi connectivity index (χ1) is 9.60. The summed E-state index contributed by atoms with van der Waals surface area (Å²) < 4.78 is 10.4. The number of ether oxygens (including phenoxy) is 2. The number of hydrogen-bond acceptors (Lipinski definition) is 5. The number of nitrogen functional groups attached to an aromatic ring is 1. The van der Waals surface area contributed by atoms with Crippen LogP contribution in [0.2, 0.25) is 0 Å². The third-order valence-corrected chi connectivity index (χ3v) is 4.33. The molecule has 0 amide bonds. The Morgan fingerprint density at radius 2 is 2.05 bits per heavy atom. The molecular formula is C15H17NO3S. The van der Waals surface area contributed by atoms with Crippen LogP contribution < -0.4 is 10.5 Å². The van der Waals surface area contributed by atoms with E-state index in [1.165, 1.54) is 11.3 Å². The van der Waals surface area contributed by atoms with Gasteiger partial charge in [-0.15, -0.1) is 11.3 Å². The minimum Gasteiger partial charge on any atom is -0.496 e. The first-order valence-corrected chi connectivity index (χ1v) is 7.11. The molecule has 0 fully saturated rings. The Morgan fingerprint density at radius 3 is 2.70 bits per heavy atom. The summed E-state index contributed by atoms with van der Waals surface area (Å²) in [6.45, 7) is 4.01. The molecule has 1 aromatic carbocycles. The summed E-state index contributed by atoms with van der Waals surface area (Å²) in [5, 5.41) is 0. The van der Waals surface area contributed by atoms with E-state index in [9.17, 15) is 4.79 Å². The summed E-state index contributed by atoms with van der Waals surface area (Å²) >= 11 is 1.34. The van der Waals surface area contributed by atoms with Crippen molar-refractivity contribution in [3.8, 4) is 16.2 Å². The van der Waals surface area contributed by atoms with E-state index in [-0.39, 0.29) is 5.97 Å². The molecular weight excluding hydrogens is 274 g/mol. The minimum absolute atomic E-state index is 0.333. The number of para-hydroxylation sites is 1. The number of rotatable bonds is 4. The minimum atomic E-state index is -0.376. The summed E-state index contributed by atoms with van der Waals surface area (Å²) in [7, 11) is 1.62. The van der Waals surface area contributed by atoms with Crippen molar-refractivity contribution >= 4 is 23.0 Å². The average molecular weight is 291 g/mol. The quantitative estimate of drug-likeness (QED) is 0.876. The number of methoxy groups -OCH3 is 1. The summed E-state index contributed by atoms with van der Waals surface area (Å²) in [6.07, 6.45) is 0. The van der Waals surface area contributed by atoms with Crippen LogP contribution >= 0.6 is 11.3 Å². The van der Waals surface area contributed by atoms with Crippen LogP contribution in [0.25, 0.3) is 10.4 Å². The number of nitrogens with two attached hydrogens (primary N) is 1. The molecule has 106 valence electrons. The first kappa shape index (κ1) is 14.4. The largest absolute Gasteiger partial charge is 0.496 e. The highest BCUT2D eigenvalue weighted by molar-refractivity contribution is 7.18. The summed E-state index contributed by atoms with van der Waals surface area (Å²) in [5.41, 5.74) is 8.32. The fourth-order valence-electron chi connectivity index (χ4n) is 1.96. The predicted molar refractivity (Wildman–Crippen MR) is 81.4 cm³/mol. The average Bonchev–Trinajstić information content (AvgIpc) is 2.75. The molecule has 0 aliphatic carbocycles. The predicted octanol–water partition coefficient (Wildman–Crippen LogP) is 3.49. The van der Waals surface area contributed by atoms with Crippen molar-refractivity contribution in [1.82, 2.24) is 0 Å². The summed E-state index contributed by atoms with van der Waals surface area (Å²) in [4.78, 5) is 13.3. The van der Waals surface area contributed by atoms with Crippen LogP contribution in [0.15, 0.2) is 24.3 Å². The maximum Gasteiger partial charge on any atom is 0.350 e. The monoisotopic (exact) mass is 291 g/mol. The fourth-order valence-corrected chi connectivity index (χ4v) is 3.11. The van der Waals surface area contributed by atoms with Gasteiger partial charge in [0, 0.05) is 10.4 Å². The SMILES string of the molecule is CCOC(=O)c1sc(-c2ccccc2OC)c(C)c1N. The molecule has 0 atom stereocenters. The second-order valence-corrected chi connectivity index (χ2v) is 5.24. The van der Waals surface area contributed by atoms with Gasteiger partial charge in [-0.1, -0.05) is 12.1 Å². The smallest absolute Gasteiger partial charge is 0.350 e. The molecule has 0 saturated heterocycles. The van der Waals surface area contributed by atoms with Crippen LogP contribution in [0.1, 0.15) is 22.2 Å². The molecule has 0 aliphatic heterocycles. The number of carbonyl (C=O) groups is 1. The third-order valence-electron chi connectivity index (χ3n) is 3.01. The maximum absolute atomic E-state index is 11.9. The van der Waals surface area contributed by atoms with Gasteiger partial charge < -0.3 is 15.2 Å². The Bertz CT molecular complexity index is 634. The molecule has 5 heteroatoms. The van der Waals surface area contributed by atoms with Crippen molar-refractivity contribution in [2.24, 2.45) is 0 Å². The molecule has 4 nitrogen and oxygen atoms in total. The molecule has 1 aromatic heterocycles. The number of benzene rings is 1. The lowest BCUT2D eigenvalue weighted by atomic mass is 10.1. The number of carbonyl (C=O) groups excluding carboxylic acids is 1.